The zero-order valence-electron chi connectivity index (χ0n) is 13.4. The minimum absolute atomic E-state index is 0.0109. The number of likely N-dealkylation sites (tertiary alicyclic amines) is 1. The molecule has 0 bridgehead atoms. The molecule has 0 spiro atoms. The number of benzene rings is 1. The fraction of sp³-hybridized carbons (Fsp3) is 0.389. The number of hydrogen-bond acceptors (Lipinski definition) is 4. The van der Waals surface area contributed by atoms with Crippen molar-refractivity contribution in [2.75, 3.05) is 13.7 Å². The lowest BCUT2D eigenvalue weighted by atomic mass is 10.0. The van der Waals surface area contributed by atoms with Gasteiger partial charge in [0.1, 0.15) is 11.8 Å². The Labute approximate surface area is 140 Å². The maximum absolute atomic E-state index is 11.6. The van der Waals surface area contributed by atoms with Crippen LogP contribution >= 0.6 is 11.3 Å². The third-order valence-corrected chi connectivity index (χ3v) is 5.47. The van der Waals surface area contributed by atoms with Gasteiger partial charge in [-0.05, 0) is 54.5 Å². The van der Waals surface area contributed by atoms with Crippen LogP contribution in [0.3, 0.4) is 0 Å². The number of carbonyl (C=O) groups is 1. The van der Waals surface area contributed by atoms with Crippen molar-refractivity contribution in [3.63, 3.8) is 0 Å². The number of rotatable bonds is 5. The molecule has 0 saturated carbocycles. The first-order chi connectivity index (χ1) is 11.1. The van der Waals surface area contributed by atoms with E-state index in [1.807, 2.05) is 24.3 Å². The van der Waals surface area contributed by atoms with Gasteiger partial charge in [0.05, 0.1) is 13.2 Å². The van der Waals surface area contributed by atoms with Gasteiger partial charge in [-0.2, -0.15) is 0 Å². The highest BCUT2D eigenvalue weighted by Gasteiger charge is 2.37. The Balaban J connectivity index is 2.01. The summed E-state index contributed by atoms with van der Waals surface area (Å²) >= 11 is 1.70. The second-order valence-corrected chi connectivity index (χ2v) is 6.88. The van der Waals surface area contributed by atoms with Crippen molar-refractivity contribution in [1.29, 1.82) is 0 Å². The number of ether oxygens (including phenoxy) is 1. The van der Waals surface area contributed by atoms with Gasteiger partial charge in [0, 0.05) is 11.4 Å². The smallest absolute Gasteiger partial charge is 0.320 e. The first-order valence-corrected chi connectivity index (χ1v) is 8.65. The SMILES string of the molecule is COc1ccc(C(c2cc(C)cs2)N2CCCC2C(=O)O)cc1. The molecule has 5 heteroatoms. The van der Waals surface area contributed by atoms with Gasteiger partial charge in [-0.3, -0.25) is 9.69 Å². The standard InChI is InChI=1S/C18H21NO3S/c1-12-10-16(23-11-12)17(13-5-7-14(22-2)8-6-13)19-9-3-4-15(19)18(20)21/h5-8,10-11,15,17H,3-4,9H2,1-2H3,(H,20,21). The zero-order valence-corrected chi connectivity index (χ0v) is 14.2. The van der Waals surface area contributed by atoms with Crippen LogP contribution in [0.15, 0.2) is 35.7 Å². The lowest BCUT2D eigenvalue weighted by Gasteiger charge is -2.31. The number of aliphatic carboxylic acids is 1. The van der Waals surface area contributed by atoms with Crippen LogP contribution in [-0.4, -0.2) is 35.7 Å². The van der Waals surface area contributed by atoms with E-state index in [9.17, 15) is 9.90 Å². The number of carboxylic acids is 1. The summed E-state index contributed by atoms with van der Waals surface area (Å²) in [6, 6.07) is 9.69. The zero-order chi connectivity index (χ0) is 16.4. The molecule has 2 unspecified atom stereocenters. The van der Waals surface area contributed by atoms with Crippen molar-refractivity contribution in [2.24, 2.45) is 0 Å². The van der Waals surface area contributed by atoms with Gasteiger partial charge in [0.25, 0.3) is 0 Å². The first kappa shape index (κ1) is 16.0. The number of thiophene rings is 1. The summed E-state index contributed by atoms with van der Waals surface area (Å²) < 4.78 is 5.24. The van der Waals surface area contributed by atoms with E-state index in [2.05, 4.69) is 23.3 Å². The molecule has 4 nitrogen and oxygen atoms in total. The molecule has 1 saturated heterocycles. The fourth-order valence-electron chi connectivity index (χ4n) is 3.27. The maximum atomic E-state index is 11.6. The molecule has 1 fully saturated rings. The second-order valence-electron chi connectivity index (χ2n) is 5.94. The summed E-state index contributed by atoms with van der Waals surface area (Å²) in [6.07, 6.45) is 1.64. The molecule has 1 aliphatic heterocycles. The fourth-order valence-corrected chi connectivity index (χ4v) is 4.31. The van der Waals surface area contributed by atoms with Crippen LogP contribution in [0, 0.1) is 6.92 Å². The Bertz CT molecular complexity index is 680. The Morgan fingerprint density at radius 2 is 2.13 bits per heavy atom. The second kappa shape index (κ2) is 6.72. The van der Waals surface area contributed by atoms with Gasteiger partial charge in [-0.1, -0.05) is 12.1 Å². The number of carboxylic acid groups (broad SMARTS) is 1. The minimum atomic E-state index is -0.728. The van der Waals surface area contributed by atoms with E-state index in [0.29, 0.717) is 6.42 Å². The largest absolute Gasteiger partial charge is 0.497 e. The Hall–Kier alpha value is -1.85. The number of nitrogens with zero attached hydrogens (tertiary/aromatic N) is 1. The van der Waals surface area contributed by atoms with E-state index >= 15 is 0 Å². The summed E-state index contributed by atoms with van der Waals surface area (Å²) in [7, 11) is 1.65. The van der Waals surface area contributed by atoms with Crippen LogP contribution in [0.1, 0.15) is 34.9 Å². The van der Waals surface area contributed by atoms with Crippen molar-refractivity contribution < 1.29 is 14.6 Å². The maximum Gasteiger partial charge on any atom is 0.320 e. The molecular weight excluding hydrogens is 310 g/mol. The average molecular weight is 331 g/mol. The van der Waals surface area contributed by atoms with Gasteiger partial charge >= 0.3 is 5.97 Å². The van der Waals surface area contributed by atoms with Crippen molar-refractivity contribution in [2.45, 2.75) is 31.8 Å². The highest BCUT2D eigenvalue weighted by molar-refractivity contribution is 7.10. The van der Waals surface area contributed by atoms with Crippen LogP contribution in [0.2, 0.25) is 0 Å². The van der Waals surface area contributed by atoms with Crippen LogP contribution in [0.5, 0.6) is 5.75 Å². The van der Waals surface area contributed by atoms with Crippen LogP contribution in [0.4, 0.5) is 0 Å². The normalized spacial score (nSPS) is 19.7. The predicted octanol–water partition coefficient (Wildman–Crippen LogP) is 3.70. The highest BCUT2D eigenvalue weighted by Crippen LogP contribution is 2.38. The van der Waals surface area contributed by atoms with Crippen molar-refractivity contribution in [3.05, 3.63) is 51.7 Å². The molecule has 2 aromatic rings. The monoisotopic (exact) mass is 331 g/mol. The van der Waals surface area contributed by atoms with Crippen molar-refractivity contribution in [1.82, 2.24) is 4.90 Å². The highest BCUT2D eigenvalue weighted by atomic mass is 32.1. The van der Waals surface area contributed by atoms with Gasteiger partial charge in [-0.25, -0.2) is 0 Å². The lowest BCUT2D eigenvalue weighted by molar-refractivity contribution is -0.142. The molecule has 0 aliphatic carbocycles. The van der Waals surface area contributed by atoms with Gasteiger partial charge in [0.15, 0.2) is 0 Å². The van der Waals surface area contributed by atoms with E-state index < -0.39 is 12.0 Å². The van der Waals surface area contributed by atoms with Gasteiger partial charge in [-0.15, -0.1) is 11.3 Å². The molecule has 0 amide bonds. The van der Waals surface area contributed by atoms with E-state index in [-0.39, 0.29) is 6.04 Å². The van der Waals surface area contributed by atoms with E-state index in [0.717, 1.165) is 24.3 Å². The Kier molecular flexibility index (Phi) is 4.68. The predicted molar refractivity (Wildman–Crippen MR) is 91.3 cm³/mol. The summed E-state index contributed by atoms with van der Waals surface area (Å²) in [6.45, 7) is 2.88. The van der Waals surface area contributed by atoms with Crippen molar-refractivity contribution in [3.8, 4) is 5.75 Å². The number of hydrogen-bond donors (Lipinski definition) is 1. The van der Waals surface area contributed by atoms with Crippen molar-refractivity contribution >= 4 is 17.3 Å². The van der Waals surface area contributed by atoms with Gasteiger partial charge < -0.3 is 9.84 Å². The molecule has 0 radical (unpaired) electrons. The quantitative estimate of drug-likeness (QED) is 0.907. The average Bonchev–Trinajstić information content (AvgIpc) is 3.18. The number of aryl methyl sites for hydroxylation is 1. The molecule has 1 aromatic heterocycles. The summed E-state index contributed by atoms with van der Waals surface area (Å²) in [4.78, 5) is 14.9. The van der Waals surface area contributed by atoms with E-state index in [1.54, 1.807) is 18.4 Å². The summed E-state index contributed by atoms with van der Waals surface area (Å²) in [5.74, 6) is 0.0837. The third-order valence-electron chi connectivity index (χ3n) is 4.36. The summed E-state index contributed by atoms with van der Waals surface area (Å²) in [5, 5.41) is 11.7. The molecular formula is C18H21NO3S. The summed E-state index contributed by atoms with van der Waals surface area (Å²) in [5.41, 5.74) is 2.33. The molecule has 2 heterocycles. The molecule has 23 heavy (non-hydrogen) atoms. The molecule has 2 atom stereocenters. The van der Waals surface area contributed by atoms with Crippen LogP contribution in [-0.2, 0) is 4.79 Å². The minimum Gasteiger partial charge on any atom is -0.497 e. The van der Waals surface area contributed by atoms with Gasteiger partial charge in [0.2, 0.25) is 0 Å². The first-order valence-electron chi connectivity index (χ1n) is 7.77. The Morgan fingerprint density at radius 1 is 1.39 bits per heavy atom. The van der Waals surface area contributed by atoms with E-state index in [4.69, 9.17) is 4.74 Å². The van der Waals surface area contributed by atoms with Crippen LogP contribution < -0.4 is 4.74 Å². The van der Waals surface area contributed by atoms with E-state index in [1.165, 1.54) is 10.4 Å². The molecule has 122 valence electrons. The number of methoxy groups -OCH3 is 1. The molecule has 3 rings (SSSR count). The lowest BCUT2D eigenvalue weighted by Crippen LogP contribution is -2.39. The molecule has 1 aliphatic rings. The molecule has 1 N–H and O–H groups in total. The van der Waals surface area contributed by atoms with Crippen LogP contribution in [0.25, 0.3) is 0 Å². The molecule has 1 aromatic carbocycles. The third kappa shape index (κ3) is 3.26. The Morgan fingerprint density at radius 3 is 2.70 bits per heavy atom. The topological polar surface area (TPSA) is 49.8 Å².